The summed E-state index contributed by atoms with van der Waals surface area (Å²) in [7, 11) is -1.16. The van der Waals surface area contributed by atoms with Crippen LogP contribution in [0.4, 0.5) is 0 Å². The molecule has 58 valence electrons. The fourth-order valence-electron chi connectivity index (χ4n) is 0.702. The van der Waals surface area contributed by atoms with Gasteiger partial charge in [-0.1, -0.05) is 19.6 Å². The molecule has 0 N–H and O–H groups in total. The maximum atomic E-state index is 8.44. The van der Waals surface area contributed by atoms with Crippen LogP contribution in [-0.2, 0) is 0 Å². The molecular formula is C7H14ClNSi. The molecule has 0 bridgehead atoms. The van der Waals surface area contributed by atoms with Gasteiger partial charge >= 0.3 is 0 Å². The molecule has 0 heterocycles. The highest BCUT2D eigenvalue weighted by atomic mass is 35.5. The lowest BCUT2D eigenvalue weighted by molar-refractivity contribution is 0.922. The van der Waals surface area contributed by atoms with Crippen LogP contribution < -0.4 is 0 Å². The normalized spacial score (nSPS) is 14.3. The first kappa shape index (κ1) is 10.00. The van der Waals surface area contributed by atoms with Gasteiger partial charge < -0.3 is 0 Å². The predicted octanol–water partition coefficient (Wildman–Crippen LogP) is 2.85. The topological polar surface area (TPSA) is 23.8 Å². The van der Waals surface area contributed by atoms with Crippen molar-refractivity contribution in [2.24, 2.45) is 0 Å². The SMILES string of the molecule is C[Si](C)(C)C(CCl)CC#N. The maximum absolute atomic E-state index is 8.44. The van der Waals surface area contributed by atoms with Gasteiger partial charge in [0, 0.05) is 20.4 Å². The van der Waals surface area contributed by atoms with Crippen LogP contribution in [0.5, 0.6) is 0 Å². The van der Waals surface area contributed by atoms with Gasteiger partial charge in [0.1, 0.15) is 0 Å². The van der Waals surface area contributed by atoms with Crippen molar-refractivity contribution in [2.45, 2.75) is 31.6 Å². The van der Waals surface area contributed by atoms with Gasteiger partial charge in [-0.15, -0.1) is 11.6 Å². The number of rotatable bonds is 3. The molecule has 1 nitrogen and oxygen atoms in total. The van der Waals surface area contributed by atoms with Crippen molar-refractivity contribution in [3.05, 3.63) is 0 Å². The van der Waals surface area contributed by atoms with Gasteiger partial charge in [0.2, 0.25) is 0 Å². The Morgan fingerprint density at radius 2 is 2.00 bits per heavy atom. The second kappa shape index (κ2) is 4.00. The number of alkyl halides is 1. The van der Waals surface area contributed by atoms with Gasteiger partial charge in [-0.05, 0) is 5.54 Å². The zero-order valence-corrected chi connectivity index (χ0v) is 8.57. The smallest absolute Gasteiger partial charge is 0.0622 e. The Kier molecular flexibility index (Phi) is 4.00. The average Bonchev–Trinajstić information content (AvgIpc) is 1.80. The molecule has 1 atom stereocenters. The van der Waals surface area contributed by atoms with Crippen molar-refractivity contribution in [1.29, 1.82) is 5.26 Å². The molecule has 0 saturated carbocycles. The van der Waals surface area contributed by atoms with Crippen LogP contribution in [0.1, 0.15) is 6.42 Å². The van der Waals surface area contributed by atoms with E-state index in [1.165, 1.54) is 0 Å². The van der Waals surface area contributed by atoms with E-state index < -0.39 is 8.07 Å². The summed E-state index contributed by atoms with van der Waals surface area (Å²) >= 11 is 5.71. The highest BCUT2D eigenvalue weighted by molar-refractivity contribution is 6.78. The molecule has 0 aromatic carbocycles. The van der Waals surface area contributed by atoms with Gasteiger partial charge in [0.25, 0.3) is 0 Å². The van der Waals surface area contributed by atoms with E-state index in [4.69, 9.17) is 16.9 Å². The van der Waals surface area contributed by atoms with Crippen molar-refractivity contribution in [2.75, 3.05) is 5.88 Å². The first-order chi connectivity index (χ1) is 4.52. The van der Waals surface area contributed by atoms with E-state index in [9.17, 15) is 0 Å². The molecule has 0 aliphatic heterocycles. The zero-order valence-electron chi connectivity index (χ0n) is 6.82. The summed E-state index contributed by atoms with van der Waals surface area (Å²) in [4.78, 5) is 0. The summed E-state index contributed by atoms with van der Waals surface area (Å²) in [5.74, 6) is 0.642. The Hall–Kier alpha value is -0.00312. The number of hydrogen-bond acceptors (Lipinski definition) is 1. The summed E-state index contributed by atoms with van der Waals surface area (Å²) in [6.45, 7) is 6.74. The molecule has 0 radical (unpaired) electrons. The lowest BCUT2D eigenvalue weighted by Gasteiger charge is -2.24. The van der Waals surface area contributed by atoms with Crippen molar-refractivity contribution in [3.8, 4) is 6.07 Å². The van der Waals surface area contributed by atoms with Crippen molar-refractivity contribution in [3.63, 3.8) is 0 Å². The molecule has 0 aromatic heterocycles. The summed E-state index contributed by atoms with van der Waals surface area (Å²) in [6.07, 6.45) is 0.624. The Bertz CT molecular complexity index is 134. The minimum atomic E-state index is -1.16. The van der Waals surface area contributed by atoms with Crippen LogP contribution in [0.25, 0.3) is 0 Å². The Balaban J connectivity index is 3.97. The fourth-order valence-corrected chi connectivity index (χ4v) is 3.37. The van der Waals surface area contributed by atoms with Crippen LogP contribution in [0.3, 0.4) is 0 Å². The van der Waals surface area contributed by atoms with Gasteiger partial charge in [-0.3, -0.25) is 0 Å². The first-order valence-electron chi connectivity index (χ1n) is 3.45. The summed E-state index contributed by atoms with van der Waals surface area (Å²) in [5, 5.41) is 8.44. The van der Waals surface area contributed by atoms with E-state index in [0.717, 1.165) is 0 Å². The number of nitriles is 1. The third-order valence-corrected chi connectivity index (χ3v) is 5.24. The van der Waals surface area contributed by atoms with Crippen LogP contribution in [0.15, 0.2) is 0 Å². The fraction of sp³-hybridized carbons (Fsp3) is 0.857. The third kappa shape index (κ3) is 3.24. The zero-order chi connectivity index (χ0) is 8.20. The Labute approximate surface area is 69.0 Å². The molecule has 3 heteroatoms. The Morgan fingerprint density at radius 1 is 1.50 bits per heavy atom. The van der Waals surface area contributed by atoms with Crippen molar-refractivity contribution >= 4 is 19.7 Å². The van der Waals surface area contributed by atoms with Crippen LogP contribution in [0, 0.1) is 11.3 Å². The molecule has 1 unspecified atom stereocenters. The largest absolute Gasteiger partial charge is 0.198 e. The molecule has 0 aromatic rings. The van der Waals surface area contributed by atoms with E-state index in [-0.39, 0.29) is 0 Å². The molecule has 0 fully saturated rings. The van der Waals surface area contributed by atoms with E-state index in [1.807, 2.05) is 0 Å². The first-order valence-corrected chi connectivity index (χ1v) is 7.56. The second-order valence-corrected chi connectivity index (χ2v) is 9.44. The quantitative estimate of drug-likeness (QED) is 0.478. The second-order valence-electron chi connectivity index (χ2n) is 3.58. The van der Waals surface area contributed by atoms with Gasteiger partial charge in [-0.2, -0.15) is 5.26 Å². The molecule has 10 heavy (non-hydrogen) atoms. The predicted molar refractivity (Wildman–Crippen MR) is 48.0 cm³/mol. The number of nitrogens with zero attached hydrogens (tertiary/aromatic N) is 1. The lowest BCUT2D eigenvalue weighted by Crippen LogP contribution is -2.28. The van der Waals surface area contributed by atoms with E-state index in [0.29, 0.717) is 17.8 Å². The number of halogens is 1. The summed E-state index contributed by atoms with van der Waals surface area (Å²) in [5.41, 5.74) is 0.458. The maximum Gasteiger partial charge on any atom is 0.0622 e. The molecule has 0 spiro atoms. The molecule has 0 aliphatic carbocycles. The highest BCUT2D eigenvalue weighted by Crippen LogP contribution is 2.25. The van der Waals surface area contributed by atoms with E-state index in [2.05, 4.69) is 25.7 Å². The molecule has 0 saturated heterocycles. The minimum Gasteiger partial charge on any atom is -0.198 e. The van der Waals surface area contributed by atoms with E-state index >= 15 is 0 Å². The van der Waals surface area contributed by atoms with Crippen LogP contribution >= 0.6 is 11.6 Å². The van der Waals surface area contributed by atoms with Crippen LogP contribution in [-0.4, -0.2) is 14.0 Å². The molecule has 0 amide bonds. The average molecular weight is 176 g/mol. The van der Waals surface area contributed by atoms with Crippen LogP contribution in [0.2, 0.25) is 25.2 Å². The standard InChI is InChI=1S/C7H14ClNSi/c1-10(2,3)7(6-8)4-5-9/h7H,4,6H2,1-3H3. The minimum absolute atomic E-state index is 0.458. The van der Waals surface area contributed by atoms with Gasteiger partial charge in [0.05, 0.1) is 6.07 Å². The molecule has 0 aliphatic rings. The molecule has 0 rings (SSSR count). The van der Waals surface area contributed by atoms with Gasteiger partial charge in [0.15, 0.2) is 0 Å². The van der Waals surface area contributed by atoms with Crippen molar-refractivity contribution < 1.29 is 0 Å². The monoisotopic (exact) mass is 175 g/mol. The highest BCUT2D eigenvalue weighted by Gasteiger charge is 2.25. The van der Waals surface area contributed by atoms with Gasteiger partial charge in [-0.25, -0.2) is 0 Å². The Morgan fingerprint density at radius 3 is 2.10 bits per heavy atom. The summed E-state index contributed by atoms with van der Waals surface area (Å²) < 4.78 is 0. The number of hydrogen-bond donors (Lipinski definition) is 0. The van der Waals surface area contributed by atoms with E-state index in [1.54, 1.807) is 0 Å². The lowest BCUT2D eigenvalue weighted by atomic mass is 10.4. The third-order valence-electron chi connectivity index (χ3n) is 1.75. The molecular weight excluding hydrogens is 162 g/mol. The van der Waals surface area contributed by atoms with Crippen molar-refractivity contribution in [1.82, 2.24) is 0 Å². The summed E-state index contributed by atoms with van der Waals surface area (Å²) in [6, 6.07) is 2.18.